The van der Waals surface area contributed by atoms with Gasteiger partial charge in [0.05, 0.1) is 12.6 Å². The summed E-state index contributed by atoms with van der Waals surface area (Å²) < 4.78 is 10.7. The van der Waals surface area contributed by atoms with Crippen LogP contribution >= 0.6 is 11.3 Å². The molecule has 2 heterocycles. The molecule has 1 aliphatic rings. The van der Waals surface area contributed by atoms with Gasteiger partial charge in [-0.05, 0) is 24.1 Å². The van der Waals surface area contributed by atoms with Crippen molar-refractivity contribution in [1.29, 1.82) is 0 Å². The van der Waals surface area contributed by atoms with E-state index in [2.05, 4.69) is 4.98 Å². The first-order chi connectivity index (χ1) is 12.4. The Hall–Kier alpha value is -2.61. The van der Waals surface area contributed by atoms with Crippen molar-refractivity contribution >= 4 is 23.2 Å². The molecule has 3 rings (SSSR count). The second kappa shape index (κ2) is 7.74. The number of hydrogen-bond acceptors (Lipinski definition) is 6. The third kappa shape index (κ3) is 4.13. The monoisotopic (exact) mass is 376 g/mol. The van der Waals surface area contributed by atoms with E-state index in [1.54, 1.807) is 11.1 Å². The van der Waals surface area contributed by atoms with E-state index in [0.29, 0.717) is 27.9 Å². The van der Waals surface area contributed by atoms with Crippen molar-refractivity contribution in [2.75, 3.05) is 19.9 Å². The largest absolute Gasteiger partial charge is 0.481 e. The summed E-state index contributed by atoms with van der Waals surface area (Å²) in [7, 11) is 0. The molecule has 0 bridgehead atoms. The van der Waals surface area contributed by atoms with Crippen molar-refractivity contribution in [3.05, 3.63) is 29.3 Å². The maximum Gasteiger partial charge on any atom is 0.305 e. The second-order valence-electron chi connectivity index (χ2n) is 6.39. The smallest absolute Gasteiger partial charge is 0.305 e. The van der Waals surface area contributed by atoms with Gasteiger partial charge in [-0.15, -0.1) is 11.3 Å². The van der Waals surface area contributed by atoms with Crippen molar-refractivity contribution in [2.24, 2.45) is 5.92 Å². The summed E-state index contributed by atoms with van der Waals surface area (Å²) in [5, 5.41) is 9.61. The van der Waals surface area contributed by atoms with Crippen LogP contribution in [0.15, 0.2) is 24.4 Å². The Morgan fingerprint density at radius 2 is 2.08 bits per heavy atom. The third-order valence-corrected chi connectivity index (χ3v) is 4.84. The standard InChI is InChI=1S/C18H20N2O5S/c1-11(2)9-20(6-5-16(21)22)18(23)15-8-19-17(26-15)12-3-4-13-14(7-12)25-10-24-13/h3-4,7-8,11H,5-6,9-10H2,1-2H3,(H,21,22). The van der Waals surface area contributed by atoms with Gasteiger partial charge in [-0.1, -0.05) is 13.8 Å². The van der Waals surface area contributed by atoms with E-state index in [9.17, 15) is 9.59 Å². The molecule has 1 aromatic heterocycles. The summed E-state index contributed by atoms with van der Waals surface area (Å²) in [5.41, 5.74) is 0.847. The predicted molar refractivity (Wildman–Crippen MR) is 96.7 cm³/mol. The van der Waals surface area contributed by atoms with Crippen LogP contribution < -0.4 is 9.47 Å². The second-order valence-corrected chi connectivity index (χ2v) is 7.42. The van der Waals surface area contributed by atoms with Gasteiger partial charge in [0.2, 0.25) is 6.79 Å². The molecule has 0 radical (unpaired) electrons. The van der Waals surface area contributed by atoms with Gasteiger partial charge in [0.15, 0.2) is 11.5 Å². The van der Waals surface area contributed by atoms with Gasteiger partial charge in [0.25, 0.3) is 5.91 Å². The first kappa shape index (κ1) is 18.2. The lowest BCUT2D eigenvalue weighted by Crippen LogP contribution is -2.35. The maximum atomic E-state index is 12.8. The number of nitrogens with zero attached hydrogens (tertiary/aromatic N) is 2. The topological polar surface area (TPSA) is 89.0 Å². The molecule has 0 unspecified atom stereocenters. The minimum atomic E-state index is -0.920. The Morgan fingerprint density at radius 3 is 2.81 bits per heavy atom. The fraction of sp³-hybridized carbons (Fsp3) is 0.389. The number of carboxylic acids is 1. The van der Waals surface area contributed by atoms with Crippen LogP contribution in [0.3, 0.4) is 0 Å². The lowest BCUT2D eigenvalue weighted by Gasteiger charge is -2.23. The Morgan fingerprint density at radius 1 is 1.31 bits per heavy atom. The van der Waals surface area contributed by atoms with Crippen LogP contribution in [0.5, 0.6) is 11.5 Å². The SMILES string of the molecule is CC(C)CN(CCC(=O)O)C(=O)c1cnc(-c2ccc3c(c2)OCO3)s1. The van der Waals surface area contributed by atoms with Gasteiger partial charge in [0.1, 0.15) is 9.88 Å². The predicted octanol–water partition coefficient (Wildman–Crippen LogP) is 3.11. The van der Waals surface area contributed by atoms with Crippen LogP contribution in [0.25, 0.3) is 10.6 Å². The minimum Gasteiger partial charge on any atom is -0.481 e. The van der Waals surface area contributed by atoms with Crippen LogP contribution in [0.4, 0.5) is 0 Å². The number of rotatable bonds is 7. The Labute approximate surface area is 155 Å². The van der Waals surface area contributed by atoms with E-state index in [1.807, 2.05) is 32.0 Å². The molecule has 2 aromatic rings. The van der Waals surface area contributed by atoms with Gasteiger partial charge >= 0.3 is 5.97 Å². The lowest BCUT2D eigenvalue weighted by atomic mass is 10.2. The quantitative estimate of drug-likeness (QED) is 0.799. The minimum absolute atomic E-state index is 0.0771. The molecular weight excluding hydrogens is 356 g/mol. The number of hydrogen-bond donors (Lipinski definition) is 1. The van der Waals surface area contributed by atoms with E-state index in [4.69, 9.17) is 14.6 Å². The molecule has 0 aliphatic carbocycles. The van der Waals surface area contributed by atoms with Crippen molar-refractivity contribution in [1.82, 2.24) is 9.88 Å². The molecule has 0 saturated heterocycles. The molecule has 138 valence electrons. The highest BCUT2D eigenvalue weighted by Crippen LogP contribution is 2.37. The Bertz CT molecular complexity index is 818. The van der Waals surface area contributed by atoms with Crippen LogP contribution in [0, 0.1) is 5.92 Å². The molecule has 0 fully saturated rings. The number of thiazole rings is 1. The molecular formula is C18H20N2O5S. The zero-order valence-electron chi connectivity index (χ0n) is 14.6. The number of carbonyl (C=O) groups excluding carboxylic acids is 1. The molecule has 1 amide bonds. The van der Waals surface area contributed by atoms with Gasteiger partial charge in [0, 0.05) is 18.7 Å². The molecule has 0 spiro atoms. The van der Waals surface area contributed by atoms with Gasteiger partial charge in [-0.3, -0.25) is 9.59 Å². The molecule has 26 heavy (non-hydrogen) atoms. The third-order valence-electron chi connectivity index (χ3n) is 3.80. The van der Waals surface area contributed by atoms with E-state index in [0.717, 1.165) is 5.56 Å². The summed E-state index contributed by atoms with van der Waals surface area (Å²) in [5.74, 6) is 0.488. The first-order valence-electron chi connectivity index (χ1n) is 8.31. The van der Waals surface area contributed by atoms with Crippen LogP contribution in [-0.2, 0) is 4.79 Å². The summed E-state index contributed by atoms with van der Waals surface area (Å²) in [6.45, 7) is 4.87. The zero-order valence-corrected chi connectivity index (χ0v) is 15.4. The van der Waals surface area contributed by atoms with E-state index >= 15 is 0 Å². The number of aromatic nitrogens is 1. The van der Waals surface area contributed by atoms with E-state index in [-0.39, 0.29) is 31.6 Å². The molecule has 0 saturated carbocycles. The molecule has 8 heteroatoms. The lowest BCUT2D eigenvalue weighted by molar-refractivity contribution is -0.137. The number of ether oxygens (including phenoxy) is 2. The molecule has 1 aliphatic heterocycles. The fourth-order valence-electron chi connectivity index (χ4n) is 2.64. The highest BCUT2D eigenvalue weighted by molar-refractivity contribution is 7.16. The number of carboxylic acid groups (broad SMARTS) is 1. The van der Waals surface area contributed by atoms with Crippen molar-refractivity contribution in [3.8, 4) is 22.1 Å². The average molecular weight is 376 g/mol. The number of carbonyl (C=O) groups is 2. The van der Waals surface area contributed by atoms with Gasteiger partial charge in [-0.2, -0.15) is 0 Å². The van der Waals surface area contributed by atoms with Gasteiger partial charge < -0.3 is 19.5 Å². The normalized spacial score (nSPS) is 12.4. The van der Waals surface area contributed by atoms with Gasteiger partial charge in [-0.25, -0.2) is 4.98 Å². The first-order valence-corrected chi connectivity index (χ1v) is 9.12. The van der Waals surface area contributed by atoms with Crippen molar-refractivity contribution < 1.29 is 24.2 Å². The number of benzene rings is 1. The summed E-state index contributed by atoms with van der Waals surface area (Å²) >= 11 is 1.28. The summed E-state index contributed by atoms with van der Waals surface area (Å²) in [6.07, 6.45) is 1.47. The highest BCUT2D eigenvalue weighted by Gasteiger charge is 2.21. The van der Waals surface area contributed by atoms with Crippen molar-refractivity contribution in [3.63, 3.8) is 0 Å². The summed E-state index contributed by atoms with van der Waals surface area (Å²) in [4.78, 5) is 30.1. The molecule has 1 aromatic carbocycles. The Kier molecular flexibility index (Phi) is 5.41. The average Bonchev–Trinajstić information content (AvgIpc) is 3.25. The molecule has 7 nitrogen and oxygen atoms in total. The molecule has 0 atom stereocenters. The van der Waals surface area contributed by atoms with Crippen LogP contribution in [-0.4, -0.2) is 46.7 Å². The maximum absolute atomic E-state index is 12.8. The number of aliphatic carboxylic acids is 1. The fourth-order valence-corrected chi connectivity index (χ4v) is 3.52. The van der Waals surface area contributed by atoms with Crippen molar-refractivity contribution in [2.45, 2.75) is 20.3 Å². The van der Waals surface area contributed by atoms with E-state index in [1.165, 1.54) is 11.3 Å². The van der Waals surface area contributed by atoms with Crippen LogP contribution in [0.2, 0.25) is 0 Å². The number of fused-ring (bicyclic) bond motifs is 1. The highest BCUT2D eigenvalue weighted by atomic mass is 32.1. The van der Waals surface area contributed by atoms with Crippen LogP contribution in [0.1, 0.15) is 29.9 Å². The summed E-state index contributed by atoms with van der Waals surface area (Å²) in [6, 6.07) is 5.53. The zero-order chi connectivity index (χ0) is 18.7. The Balaban J connectivity index is 1.78. The molecule has 1 N–H and O–H groups in total. The van der Waals surface area contributed by atoms with E-state index < -0.39 is 5.97 Å². The number of amides is 1.